The molecule has 0 fully saturated rings. The van der Waals surface area contributed by atoms with Gasteiger partial charge in [-0.25, -0.2) is 0 Å². The van der Waals surface area contributed by atoms with Crippen LogP contribution in [0.5, 0.6) is 0 Å². The number of benzene rings is 2. The maximum atomic E-state index is 4.47. The SMILES string of the molecule is CC.COCOC.c1ccc(Cc2ccccc2)cc1. The molecule has 0 N–H and O–H groups in total. The second-order valence-electron chi connectivity index (χ2n) is 3.84. The van der Waals surface area contributed by atoms with Gasteiger partial charge in [-0.15, -0.1) is 0 Å². The Balaban J connectivity index is 0.000000441. The highest BCUT2D eigenvalue weighted by Gasteiger charge is 1.92. The molecule has 0 aromatic heterocycles. The maximum absolute atomic E-state index is 4.47. The lowest BCUT2D eigenvalue weighted by Gasteiger charge is -2.00. The molecule has 0 atom stereocenters. The largest absolute Gasteiger partial charge is 0.359 e. The molecule has 2 aromatic carbocycles. The van der Waals surface area contributed by atoms with Gasteiger partial charge in [0.2, 0.25) is 0 Å². The molecule has 0 radical (unpaired) electrons. The van der Waals surface area contributed by atoms with Crippen molar-refractivity contribution in [2.75, 3.05) is 21.0 Å². The van der Waals surface area contributed by atoms with Crippen molar-refractivity contribution in [2.45, 2.75) is 20.3 Å². The normalized spacial score (nSPS) is 8.80. The van der Waals surface area contributed by atoms with Crippen LogP contribution in [-0.4, -0.2) is 21.0 Å². The Hall–Kier alpha value is -1.64. The highest BCUT2D eigenvalue weighted by molar-refractivity contribution is 5.25. The summed E-state index contributed by atoms with van der Waals surface area (Å²) < 4.78 is 8.94. The Bertz CT molecular complexity index is 359. The summed E-state index contributed by atoms with van der Waals surface area (Å²) in [6.45, 7) is 4.39. The van der Waals surface area contributed by atoms with Crippen LogP contribution >= 0.6 is 0 Å². The molecule has 0 amide bonds. The van der Waals surface area contributed by atoms with Gasteiger partial charge in [0, 0.05) is 14.2 Å². The van der Waals surface area contributed by atoms with Crippen LogP contribution in [0.1, 0.15) is 25.0 Å². The molecule has 2 aromatic rings. The van der Waals surface area contributed by atoms with E-state index in [-0.39, 0.29) is 0 Å². The number of methoxy groups -OCH3 is 2. The lowest BCUT2D eigenvalue weighted by molar-refractivity contribution is -0.00271. The summed E-state index contributed by atoms with van der Waals surface area (Å²) in [4.78, 5) is 0. The molecule has 110 valence electrons. The molecule has 0 aliphatic rings. The molecule has 0 saturated heterocycles. The summed E-state index contributed by atoms with van der Waals surface area (Å²) >= 11 is 0. The standard InChI is InChI=1S/C13H12.C3H8O2.C2H6/c1-3-7-12(8-4-1)11-13-9-5-2-6-10-13;1-4-3-5-2;1-2/h1-10H,11H2;3H2,1-2H3;1-2H3. The molecule has 2 heteroatoms. The molecule has 20 heavy (non-hydrogen) atoms. The lowest BCUT2D eigenvalue weighted by atomic mass is 10.1. The molecule has 0 aliphatic carbocycles. The van der Waals surface area contributed by atoms with Crippen LogP contribution in [0.15, 0.2) is 60.7 Å². The lowest BCUT2D eigenvalue weighted by Crippen LogP contribution is -1.87. The van der Waals surface area contributed by atoms with E-state index in [0.717, 1.165) is 6.42 Å². The van der Waals surface area contributed by atoms with Gasteiger partial charge >= 0.3 is 0 Å². The van der Waals surface area contributed by atoms with Crippen molar-refractivity contribution in [1.82, 2.24) is 0 Å². The maximum Gasteiger partial charge on any atom is 0.145 e. The van der Waals surface area contributed by atoms with Gasteiger partial charge in [-0.1, -0.05) is 74.5 Å². The minimum Gasteiger partial charge on any atom is -0.359 e. The fraction of sp³-hybridized carbons (Fsp3) is 0.333. The molecule has 0 heterocycles. The summed E-state index contributed by atoms with van der Waals surface area (Å²) in [6.07, 6.45) is 1.03. The average Bonchev–Trinajstić information content (AvgIpc) is 2.53. The monoisotopic (exact) mass is 274 g/mol. The summed E-state index contributed by atoms with van der Waals surface area (Å²) in [6, 6.07) is 21.1. The quantitative estimate of drug-likeness (QED) is 0.762. The Labute approximate surface area is 123 Å². The zero-order chi connectivity index (χ0) is 15.1. The smallest absolute Gasteiger partial charge is 0.145 e. The van der Waals surface area contributed by atoms with Crippen molar-refractivity contribution in [1.29, 1.82) is 0 Å². The van der Waals surface area contributed by atoms with Crippen molar-refractivity contribution in [3.8, 4) is 0 Å². The average molecular weight is 274 g/mol. The van der Waals surface area contributed by atoms with Gasteiger partial charge in [0.25, 0.3) is 0 Å². The van der Waals surface area contributed by atoms with Crippen molar-refractivity contribution in [3.05, 3.63) is 71.8 Å². The molecule has 2 rings (SSSR count). The van der Waals surface area contributed by atoms with Crippen molar-refractivity contribution in [2.24, 2.45) is 0 Å². The predicted octanol–water partition coefficient (Wildman–Crippen LogP) is 4.54. The fourth-order valence-corrected chi connectivity index (χ4v) is 1.55. The van der Waals surface area contributed by atoms with Gasteiger partial charge in [-0.3, -0.25) is 0 Å². The van der Waals surface area contributed by atoms with E-state index in [0.29, 0.717) is 6.79 Å². The summed E-state index contributed by atoms with van der Waals surface area (Å²) in [5, 5.41) is 0. The van der Waals surface area contributed by atoms with Gasteiger partial charge in [0.1, 0.15) is 6.79 Å². The Kier molecular flexibility index (Phi) is 12.7. The molecule has 0 aliphatic heterocycles. The number of hydrogen-bond donors (Lipinski definition) is 0. The summed E-state index contributed by atoms with van der Waals surface area (Å²) in [7, 11) is 3.17. The first-order valence-electron chi connectivity index (χ1n) is 6.92. The van der Waals surface area contributed by atoms with Crippen LogP contribution in [0.4, 0.5) is 0 Å². The van der Waals surface area contributed by atoms with Crippen LogP contribution in [0.2, 0.25) is 0 Å². The van der Waals surface area contributed by atoms with Crippen LogP contribution in [0.25, 0.3) is 0 Å². The molecule has 2 nitrogen and oxygen atoms in total. The van der Waals surface area contributed by atoms with E-state index >= 15 is 0 Å². The van der Waals surface area contributed by atoms with Crippen LogP contribution in [0.3, 0.4) is 0 Å². The van der Waals surface area contributed by atoms with E-state index in [1.54, 1.807) is 14.2 Å². The van der Waals surface area contributed by atoms with Crippen LogP contribution in [0, 0.1) is 0 Å². The molecular weight excluding hydrogens is 248 g/mol. The Morgan fingerprint density at radius 1 is 0.650 bits per heavy atom. The van der Waals surface area contributed by atoms with E-state index in [2.05, 4.69) is 70.1 Å². The molecule has 0 saturated carbocycles. The van der Waals surface area contributed by atoms with Crippen LogP contribution in [-0.2, 0) is 15.9 Å². The minimum atomic E-state index is 0.389. The van der Waals surface area contributed by atoms with E-state index in [4.69, 9.17) is 0 Å². The minimum absolute atomic E-state index is 0.389. The molecule has 0 bridgehead atoms. The highest BCUT2D eigenvalue weighted by Crippen LogP contribution is 2.07. The third-order valence-corrected chi connectivity index (χ3v) is 2.33. The topological polar surface area (TPSA) is 18.5 Å². The van der Waals surface area contributed by atoms with E-state index in [1.807, 2.05) is 13.8 Å². The third-order valence-electron chi connectivity index (χ3n) is 2.33. The first-order chi connectivity index (χ1) is 9.86. The van der Waals surface area contributed by atoms with Crippen molar-refractivity contribution < 1.29 is 9.47 Å². The second kappa shape index (κ2) is 13.8. The molecular formula is C18H26O2. The summed E-state index contributed by atoms with van der Waals surface area (Å²) in [5.74, 6) is 0. The van der Waals surface area contributed by atoms with Crippen LogP contribution < -0.4 is 0 Å². The van der Waals surface area contributed by atoms with Gasteiger partial charge in [-0.2, -0.15) is 0 Å². The highest BCUT2D eigenvalue weighted by atomic mass is 16.6. The van der Waals surface area contributed by atoms with Gasteiger partial charge < -0.3 is 9.47 Å². The van der Waals surface area contributed by atoms with E-state index < -0.39 is 0 Å². The number of ether oxygens (including phenoxy) is 2. The third kappa shape index (κ3) is 9.31. The molecule has 0 unspecified atom stereocenters. The number of hydrogen-bond acceptors (Lipinski definition) is 2. The Morgan fingerprint density at radius 2 is 1.00 bits per heavy atom. The van der Waals surface area contributed by atoms with Crippen molar-refractivity contribution in [3.63, 3.8) is 0 Å². The summed E-state index contributed by atoms with van der Waals surface area (Å²) in [5.41, 5.74) is 2.74. The first-order valence-corrected chi connectivity index (χ1v) is 6.92. The fourth-order valence-electron chi connectivity index (χ4n) is 1.55. The second-order valence-corrected chi connectivity index (χ2v) is 3.84. The van der Waals surface area contributed by atoms with Crippen molar-refractivity contribution >= 4 is 0 Å². The molecule has 0 spiro atoms. The Morgan fingerprint density at radius 3 is 1.25 bits per heavy atom. The first kappa shape index (κ1) is 18.4. The van der Waals surface area contributed by atoms with Gasteiger partial charge in [0.05, 0.1) is 0 Å². The zero-order valence-corrected chi connectivity index (χ0v) is 13.0. The van der Waals surface area contributed by atoms with Gasteiger partial charge in [0.15, 0.2) is 0 Å². The number of rotatable bonds is 4. The predicted molar refractivity (Wildman–Crippen MR) is 85.9 cm³/mol. The van der Waals surface area contributed by atoms with E-state index in [1.165, 1.54) is 11.1 Å². The van der Waals surface area contributed by atoms with Gasteiger partial charge in [-0.05, 0) is 17.5 Å². The van der Waals surface area contributed by atoms with E-state index in [9.17, 15) is 0 Å². The zero-order valence-electron chi connectivity index (χ0n) is 13.0.